The van der Waals surface area contributed by atoms with Crippen LogP contribution in [0.2, 0.25) is 0 Å². The topological polar surface area (TPSA) is 47.6 Å². The Kier molecular flexibility index (Phi) is 5.41. The van der Waals surface area contributed by atoms with Crippen molar-refractivity contribution in [3.05, 3.63) is 35.9 Å². The molecule has 1 N–H and O–H groups in total. The fourth-order valence-electron chi connectivity index (χ4n) is 2.44. The third-order valence-electron chi connectivity index (χ3n) is 3.80. The van der Waals surface area contributed by atoms with Crippen LogP contribution in [0.1, 0.15) is 32.3 Å². The summed E-state index contributed by atoms with van der Waals surface area (Å²) in [5, 5.41) is 2.90. The lowest BCUT2D eigenvalue weighted by Gasteiger charge is -2.34. The Morgan fingerprint density at radius 2 is 2.15 bits per heavy atom. The van der Waals surface area contributed by atoms with Gasteiger partial charge in [0.25, 0.3) is 0 Å². The van der Waals surface area contributed by atoms with Gasteiger partial charge in [-0.15, -0.1) is 0 Å². The van der Waals surface area contributed by atoms with Crippen LogP contribution in [0.5, 0.6) is 0 Å². The summed E-state index contributed by atoms with van der Waals surface area (Å²) in [5.41, 5.74) is 0.988. The summed E-state index contributed by atoms with van der Waals surface area (Å²) in [5.74, 6) is 0.415. The van der Waals surface area contributed by atoms with Crippen LogP contribution in [0, 0.1) is 5.92 Å². The molecule has 20 heavy (non-hydrogen) atoms. The number of hydrogen-bond donors (Lipinski definition) is 1. The average molecular weight is 277 g/mol. The van der Waals surface area contributed by atoms with E-state index in [1.807, 2.05) is 30.3 Å². The minimum absolute atomic E-state index is 0.0427. The van der Waals surface area contributed by atoms with Crippen molar-refractivity contribution in [2.45, 2.75) is 45.4 Å². The van der Waals surface area contributed by atoms with E-state index >= 15 is 0 Å². The van der Waals surface area contributed by atoms with Crippen LogP contribution in [0.15, 0.2) is 30.3 Å². The molecule has 1 aromatic rings. The highest BCUT2D eigenvalue weighted by Gasteiger charge is 2.28. The minimum atomic E-state index is -0.371. The van der Waals surface area contributed by atoms with Gasteiger partial charge < -0.3 is 14.8 Å². The zero-order valence-electron chi connectivity index (χ0n) is 12.2. The molecule has 3 unspecified atom stereocenters. The van der Waals surface area contributed by atoms with Crippen LogP contribution in [-0.4, -0.2) is 24.8 Å². The number of benzene rings is 1. The van der Waals surface area contributed by atoms with Crippen molar-refractivity contribution >= 4 is 6.09 Å². The summed E-state index contributed by atoms with van der Waals surface area (Å²) >= 11 is 0. The molecular weight excluding hydrogens is 254 g/mol. The van der Waals surface area contributed by atoms with Gasteiger partial charge in [0.1, 0.15) is 6.61 Å². The molecule has 0 radical (unpaired) electrons. The number of nitrogens with one attached hydrogen (secondary N) is 1. The lowest BCUT2D eigenvalue weighted by molar-refractivity contribution is -0.0276. The van der Waals surface area contributed by atoms with E-state index in [4.69, 9.17) is 9.47 Å². The molecule has 4 heteroatoms. The first-order valence-electron chi connectivity index (χ1n) is 7.27. The molecule has 1 fully saturated rings. The Morgan fingerprint density at radius 1 is 1.40 bits per heavy atom. The predicted molar refractivity (Wildman–Crippen MR) is 77.4 cm³/mol. The first kappa shape index (κ1) is 14.9. The molecule has 0 aromatic heterocycles. The van der Waals surface area contributed by atoms with Gasteiger partial charge in [0.15, 0.2) is 0 Å². The molecule has 1 aliphatic rings. The SMILES string of the molecule is CCC1CC(C)C(NC(=O)OCc2ccccc2)CO1. The van der Waals surface area contributed by atoms with Crippen LogP contribution in [0.4, 0.5) is 4.79 Å². The highest BCUT2D eigenvalue weighted by Crippen LogP contribution is 2.22. The molecule has 2 rings (SSSR count). The third kappa shape index (κ3) is 4.23. The predicted octanol–water partition coefficient (Wildman–Crippen LogP) is 3.12. The van der Waals surface area contributed by atoms with Crippen molar-refractivity contribution in [1.82, 2.24) is 5.32 Å². The van der Waals surface area contributed by atoms with Crippen LogP contribution < -0.4 is 5.32 Å². The van der Waals surface area contributed by atoms with E-state index in [9.17, 15) is 4.79 Å². The van der Waals surface area contributed by atoms with Gasteiger partial charge in [0, 0.05) is 0 Å². The van der Waals surface area contributed by atoms with Gasteiger partial charge in [-0.05, 0) is 24.3 Å². The van der Waals surface area contributed by atoms with Crippen LogP contribution >= 0.6 is 0 Å². The van der Waals surface area contributed by atoms with Crippen molar-refractivity contribution in [1.29, 1.82) is 0 Å². The van der Waals surface area contributed by atoms with Crippen LogP contribution in [-0.2, 0) is 16.1 Å². The summed E-state index contributed by atoms with van der Waals surface area (Å²) in [4.78, 5) is 11.8. The van der Waals surface area contributed by atoms with E-state index in [2.05, 4.69) is 19.2 Å². The first-order chi connectivity index (χ1) is 9.69. The average Bonchev–Trinajstić information content (AvgIpc) is 2.48. The first-order valence-corrected chi connectivity index (χ1v) is 7.27. The summed E-state index contributed by atoms with van der Waals surface area (Å²) in [6, 6.07) is 9.71. The van der Waals surface area contributed by atoms with E-state index in [0.717, 1.165) is 18.4 Å². The van der Waals surface area contributed by atoms with E-state index in [-0.39, 0.29) is 12.1 Å². The molecule has 0 saturated carbocycles. The fourth-order valence-corrected chi connectivity index (χ4v) is 2.44. The maximum absolute atomic E-state index is 11.8. The number of hydrogen-bond acceptors (Lipinski definition) is 3. The quantitative estimate of drug-likeness (QED) is 0.920. The third-order valence-corrected chi connectivity index (χ3v) is 3.80. The maximum Gasteiger partial charge on any atom is 0.407 e. The van der Waals surface area contributed by atoms with Crippen molar-refractivity contribution in [2.75, 3.05) is 6.61 Å². The Hall–Kier alpha value is -1.55. The Morgan fingerprint density at radius 3 is 2.80 bits per heavy atom. The van der Waals surface area contributed by atoms with Gasteiger partial charge in [0.2, 0.25) is 0 Å². The monoisotopic (exact) mass is 277 g/mol. The van der Waals surface area contributed by atoms with Gasteiger partial charge in [0.05, 0.1) is 18.8 Å². The van der Waals surface area contributed by atoms with Gasteiger partial charge in [-0.25, -0.2) is 4.79 Å². The second-order valence-electron chi connectivity index (χ2n) is 5.39. The Bertz CT molecular complexity index is 421. The van der Waals surface area contributed by atoms with Crippen molar-refractivity contribution in [2.24, 2.45) is 5.92 Å². The van der Waals surface area contributed by atoms with Gasteiger partial charge in [-0.2, -0.15) is 0 Å². The van der Waals surface area contributed by atoms with Gasteiger partial charge in [-0.3, -0.25) is 0 Å². The van der Waals surface area contributed by atoms with E-state index in [1.54, 1.807) is 0 Å². The molecule has 0 bridgehead atoms. The minimum Gasteiger partial charge on any atom is -0.445 e. The van der Waals surface area contributed by atoms with Crippen molar-refractivity contribution in [3.8, 4) is 0 Å². The fraction of sp³-hybridized carbons (Fsp3) is 0.562. The summed E-state index contributed by atoms with van der Waals surface area (Å²) in [7, 11) is 0. The maximum atomic E-state index is 11.8. The van der Waals surface area contributed by atoms with Gasteiger partial charge in [-0.1, -0.05) is 44.2 Å². The summed E-state index contributed by atoms with van der Waals surface area (Å²) in [6.07, 6.45) is 1.96. The Labute approximate surface area is 120 Å². The molecule has 1 aromatic carbocycles. The molecule has 1 saturated heterocycles. The molecular formula is C16H23NO3. The summed E-state index contributed by atoms with van der Waals surface area (Å²) in [6.45, 7) is 5.14. The molecule has 1 amide bonds. The molecule has 3 atom stereocenters. The number of carbonyl (C=O) groups is 1. The van der Waals surface area contributed by atoms with Crippen LogP contribution in [0.3, 0.4) is 0 Å². The second kappa shape index (κ2) is 7.29. The second-order valence-corrected chi connectivity index (χ2v) is 5.39. The number of ether oxygens (including phenoxy) is 2. The lowest BCUT2D eigenvalue weighted by atomic mass is 9.92. The highest BCUT2D eigenvalue weighted by atomic mass is 16.5. The number of carbonyl (C=O) groups excluding carboxylic acids is 1. The summed E-state index contributed by atoms with van der Waals surface area (Å²) < 4.78 is 10.9. The smallest absolute Gasteiger partial charge is 0.407 e. The Balaban J connectivity index is 1.74. The molecule has 0 aliphatic carbocycles. The lowest BCUT2D eigenvalue weighted by Crippen LogP contribution is -2.47. The normalized spacial score (nSPS) is 26.0. The van der Waals surface area contributed by atoms with Crippen molar-refractivity contribution in [3.63, 3.8) is 0 Å². The van der Waals surface area contributed by atoms with E-state index in [1.165, 1.54) is 0 Å². The van der Waals surface area contributed by atoms with Crippen molar-refractivity contribution < 1.29 is 14.3 Å². The van der Waals surface area contributed by atoms with Crippen LogP contribution in [0.25, 0.3) is 0 Å². The number of rotatable bonds is 4. The zero-order chi connectivity index (χ0) is 14.4. The van der Waals surface area contributed by atoms with E-state index in [0.29, 0.717) is 25.2 Å². The molecule has 110 valence electrons. The number of amides is 1. The van der Waals surface area contributed by atoms with E-state index < -0.39 is 0 Å². The molecule has 4 nitrogen and oxygen atoms in total. The highest BCUT2D eigenvalue weighted by molar-refractivity contribution is 5.67. The molecule has 0 spiro atoms. The standard InChI is InChI=1S/C16H23NO3/c1-3-14-9-12(2)15(11-19-14)17-16(18)20-10-13-7-5-4-6-8-13/h4-8,12,14-15H,3,9-11H2,1-2H3,(H,17,18). The largest absolute Gasteiger partial charge is 0.445 e. The molecule has 1 heterocycles. The molecule has 1 aliphatic heterocycles. The number of alkyl carbamates (subject to hydrolysis) is 1. The zero-order valence-corrected chi connectivity index (χ0v) is 12.2. The van der Waals surface area contributed by atoms with Gasteiger partial charge >= 0.3 is 6.09 Å².